The summed E-state index contributed by atoms with van der Waals surface area (Å²) in [6.07, 6.45) is 3.30. The lowest BCUT2D eigenvalue weighted by Crippen LogP contribution is -2.40. The van der Waals surface area contributed by atoms with Crippen LogP contribution in [-0.2, 0) is 19.7 Å². The number of carbonyl (C=O) groups is 2. The lowest BCUT2D eigenvalue weighted by Gasteiger charge is -2.25. The fourth-order valence-electron chi connectivity index (χ4n) is 4.43. The average Bonchev–Trinajstić information content (AvgIpc) is 3.20. The largest absolute Gasteiger partial charge is 0.493 e. The van der Waals surface area contributed by atoms with E-state index >= 15 is 0 Å². The monoisotopic (exact) mass is 560 g/mol. The Morgan fingerprint density at radius 1 is 1.12 bits per heavy atom. The van der Waals surface area contributed by atoms with E-state index in [2.05, 4.69) is 44.5 Å². The molecule has 3 aromatic rings. The summed E-state index contributed by atoms with van der Waals surface area (Å²) in [5.74, 6) is -0.608. The van der Waals surface area contributed by atoms with Gasteiger partial charge in [0.25, 0.3) is 5.56 Å². The minimum absolute atomic E-state index is 0.00598. The summed E-state index contributed by atoms with van der Waals surface area (Å²) in [5, 5.41) is 0. The highest BCUT2D eigenvalue weighted by atomic mass is 32.1. The number of ether oxygens (including phenoxy) is 3. The van der Waals surface area contributed by atoms with Crippen molar-refractivity contribution in [2.24, 2.45) is 4.99 Å². The smallest absolute Gasteiger partial charge is 0.338 e. The number of allylic oxidation sites excluding steroid dienone is 1. The molecule has 9 heteroatoms. The number of hydrogen-bond donors (Lipinski definition) is 0. The van der Waals surface area contributed by atoms with Crippen molar-refractivity contribution in [3.63, 3.8) is 0 Å². The number of methoxy groups -OCH3 is 1. The molecule has 40 heavy (non-hydrogen) atoms. The summed E-state index contributed by atoms with van der Waals surface area (Å²) >= 11 is 1.25. The van der Waals surface area contributed by atoms with Gasteiger partial charge in [-0.15, -0.1) is 0 Å². The zero-order chi connectivity index (χ0) is 29.2. The number of aromatic nitrogens is 1. The highest BCUT2D eigenvalue weighted by molar-refractivity contribution is 7.07. The lowest BCUT2D eigenvalue weighted by atomic mass is 9.87. The van der Waals surface area contributed by atoms with Gasteiger partial charge < -0.3 is 14.2 Å². The Balaban J connectivity index is 1.90. The molecule has 2 aromatic carbocycles. The molecule has 0 fully saturated rings. The van der Waals surface area contributed by atoms with Gasteiger partial charge in [-0.2, -0.15) is 0 Å². The van der Waals surface area contributed by atoms with Gasteiger partial charge in [0.2, 0.25) is 0 Å². The average molecular weight is 561 g/mol. The number of esters is 2. The van der Waals surface area contributed by atoms with Crippen LogP contribution >= 0.6 is 11.3 Å². The van der Waals surface area contributed by atoms with Crippen LogP contribution in [-0.4, -0.2) is 30.2 Å². The number of rotatable bonds is 7. The summed E-state index contributed by atoms with van der Waals surface area (Å²) in [4.78, 5) is 43.7. The maximum Gasteiger partial charge on any atom is 0.338 e. The number of carbonyl (C=O) groups excluding carboxylic acids is 2. The highest BCUT2D eigenvalue weighted by Crippen LogP contribution is 2.36. The van der Waals surface area contributed by atoms with Crippen molar-refractivity contribution >= 4 is 29.4 Å². The third-order valence-corrected chi connectivity index (χ3v) is 7.39. The third-order valence-electron chi connectivity index (χ3n) is 6.41. The second-order valence-electron chi connectivity index (χ2n) is 10.3. The molecule has 8 nitrogen and oxygen atoms in total. The molecule has 0 amide bonds. The molecular formula is C31H32N2O6S. The second-order valence-corrected chi connectivity index (χ2v) is 11.4. The Morgan fingerprint density at radius 2 is 1.82 bits per heavy atom. The molecule has 0 bridgehead atoms. The first kappa shape index (κ1) is 28.8. The summed E-state index contributed by atoms with van der Waals surface area (Å²) in [5.41, 5.74) is 3.01. The van der Waals surface area contributed by atoms with Crippen LogP contribution in [0.3, 0.4) is 0 Å². The van der Waals surface area contributed by atoms with Crippen molar-refractivity contribution in [2.75, 3.05) is 13.7 Å². The molecule has 2 heterocycles. The van der Waals surface area contributed by atoms with Crippen LogP contribution in [0.15, 0.2) is 76.2 Å². The van der Waals surface area contributed by atoms with Gasteiger partial charge in [0, 0.05) is 6.92 Å². The minimum Gasteiger partial charge on any atom is -0.493 e. The molecule has 0 aliphatic carbocycles. The summed E-state index contributed by atoms with van der Waals surface area (Å²) in [6, 6.07) is 12.1. The van der Waals surface area contributed by atoms with Crippen LogP contribution in [0.1, 0.15) is 57.4 Å². The SMILES string of the molecule is C=CCOC(=O)C1=C(C)N=c2s/c(=C\c3ccc(C(C)(C)C)cc3)c(=O)n2C1c1ccc(OC(C)=O)c(OC)c1. The van der Waals surface area contributed by atoms with E-state index in [1.807, 2.05) is 18.2 Å². The van der Waals surface area contributed by atoms with Crippen LogP contribution in [0.2, 0.25) is 0 Å². The topological polar surface area (TPSA) is 96.2 Å². The molecule has 0 spiro atoms. The minimum atomic E-state index is -0.848. The van der Waals surface area contributed by atoms with Gasteiger partial charge in [-0.25, -0.2) is 9.79 Å². The molecule has 0 radical (unpaired) electrons. The molecule has 4 rings (SSSR count). The van der Waals surface area contributed by atoms with E-state index in [4.69, 9.17) is 14.2 Å². The van der Waals surface area contributed by atoms with Crippen LogP contribution < -0.4 is 24.4 Å². The number of hydrogen-bond acceptors (Lipinski definition) is 8. The molecule has 0 saturated carbocycles. The predicted molar refractivity (Wildman–Crippen MR) is 154 cm³/mol. The first-order chi connectivity index (χ1) is 18.9. The first-order valence-corrected chi connectivity index (χ1v) is 13.5. The van der Waals surface area contributed by atoms with E-state index in [-0.39, 0.29) is 34.7 Å². The third kappa shape index (κ3) is 5.84. The molecule has 0 N–H and O–H groups in total. The van der Waals surface area contributed by atoms with Gasteiger partial charge >= 0.3 is 11.9 Å². The molecule has 1 aromatic heterocycles. The second kappa shape index (κ2) is 11.5. The molecule has 1 atom stereocenters. The van der Waals surface area contributed by atoms with Crippen molar-refractivity contribution < 1.29 is 23.8 Å². The van der Waals surface area contributed by atoms with Crippen molar-refractivity contribution in [3.8, 4) is 11.5 Å². The zero-order valence-corrected chi connectivity index (χ0v) is 24.3. The van der Waals surface area contributed by atoms with Crippen molar-refractivity contribution in [1.82, 2.24) is 4.57 Å². The van der Waals surface area contributed by atoms with Gasteiger partial charge in [0.05, 0.1) is 29.0 Å². The number of benzene rings is 2. The van der Waals surface area contributed by atoms with Gasteiger partial charge in [-0.05, 0) is 47.2 Å². The Hall–Kier alpha value is -4.24. The van der Waals surface area contributed by atoms with E-state index in [1.165, 1.54) is 41.6 Å². The number of nitrogens with zero attached hydrogens (tertiary/aromatic N) is 2. The first-order valence-electron chi connectivity index (χ1n) is 12.7. The van der Waals surface area contributed by atoms with E-state index in [9.17, 15) is 14.4 Å². The Morgan fingerprint density at radius 3 is 2.42 bits per heavy atom. The van der Waals surface area contributed by atoms with Gasteiger partial charge in [0.1, 0.15) is 6.61 Å². The van der Waals surface area contributed by atoms with E-state index in [0.29, 0.717) is 20.6 Å². The van der Waals surface area contributed by atoms with Gasteiger partial charge in [0.15, 0.2) is 16.3 Å². The number of fused-ring (bicyclic) bond motifs is 1. The molecular weight excluding hydrogens is 528 g/mol. The summed E-state index contributed by atoms with van der Waals surface area (Å²) in [7, 11) is 1.45. The number of thiazole rings is 1. The quantitative estimate of drug-likeness (QED) is 0.244. The van der Waals surface area contributed by atoms with Gasteiger partial charge in [-0.3, -0.25) is 14.2 Å². The fraction of sp³-hybridized carbons (Fsp3) is 0.290. The highest BCUT2D eigenvalue weighted by Gasteiger charge is 2.34. The van der Waals surface area contributed by atoms with Crippen LogP contribution in [0, 0.1) is 0 Å². The molecule has 1 unspecified atom stereocenters. The van der Waals surface area contributed by atoms with E-state index in [1.54, 1.807) is 25.1 Å². The lowest BCUT2D eigenvalue weighted by molar-refractivity contribution is -0.138. The summed E-state index contributed by atoms with van der Waals surface area (Å²) < 4.78 is 18.1. The van der Waals surface area contributed by atoms with Crippen molar-refractivity contribution in [1.29, 1.82) is 0 Å². The molecule has 1 aliphatic heterocycles. The molecule has 1 aliphatic rings. The van der Waals surface area contributed by atoms with Crippen molar-refractivity contribution in [3.05, 3.63) is 103 Å². The predicted octanol–water partition coefficient (Wildman–Crippen LogP) is 4.20. The standard InChI is InChI=1S/C31H32N2O6S/c1-8-15-38-29(36)26-18(2)32-30-33(27(26)21-11-14-23(39-19(3)34)24(17-21)37-7)28(35)25(40-30)16-20-9-12-22(13-10-20)31(4,5)6/h8-14,16-17,27H,1,15H2,2-7H3/b25-16-. The molecule has 208 valence electrons. The van der Waals surface area contributed by atoms with Crippen LogP contribution in [0.25, 0.3) is 6.08 Å². The van der Waals surface area contributed by atoms with Crippen LogP contribution in [0.4, 0.5) is 0 Å². The molecule has 0 saturated heterocycles. The Labute approximate surface area is 236 Å². The fourth-order valence-corrected chi connectivity index (χ4v) is 5.48. The maximum absolute atomic E-state index is 13.9. The summed E-state index contributed by atoms with van der Waals surface area (Å²) in [6.45, 7) is 13.1. The van der Waals surface area contributed by atoms with E-state index in [0.717, 1.165) is 5.56 Å². The van der Waals surface area contributed by atoms with Crippen LogP contribution in [0.5, 0.6) is 11.5 Å². The maximum atomic E-state index is 13.9. The van der Waals surface area contributed by atoms with Crippen molar-refractivity contribution in [2.45, 2.75) is 46.1 Å². The zero-order valence-electron chi connectivity index (χ0n) is 23.4. The van der Waals surface area contributed by atoms with Gasteiger partial charge in [-0.1, -0.05) is 75.1 Å². The van der Waals surface area contributed by atoms with E-state index < -0.39 is 18.0 Å². The Kier molecular flexibility index (Phi) is 8.25. The normalized spacial score (nSPS) is 15.2. The Bertz CT molecular complexity index is 1690.